The van der Waals surface area contributed by atoms with Gasteiger partial charge in [0.05, 0.1) is 6.04 Å². The number of hydrogen-bond donors (Lipinski definition) is 2. The Kier molecular flexibility index (Phi) is 7.13. The second-order valence-corrected chi connectivity index (χ2v) is 9.09. The summed E-state index contributed by atoms with van der Waals surface area (Å²) < 4.78 is 6.11. The number of hydrogen-bond acceptors (Lipinski definition) is 2. The molecule has 5 aromatic rings. The molecule has 4 aromatic carbocycles. The number of carbonyl (C=O) groups excluding carboxylic acids is 1. The Balaban J connectivity index is 1.41. The monoisotopic (exact) mass is 474 g/mol. The highest BCUT2D eigenvalue weighted by atomic mass is 16.5. The smallest absolute Gasteiger partial charge is 0.221 e. The highest BCUT2D eigenvalue weighted by Crippen LogP contribution is 2.35. The van der Waals surface area contributed by atoms with Crippen LogP contribution in [0, 0.1) is 0 Å². The quantitative estimate of drug-likeness (QED) is 0.238. The molecular formula is C32H30N2O2. The molecule has 5 rings (SSSR count). The van der Waals surface area contributed by atoms with Crippen LogP contribution in [-0.4, -0.2) is 10.9 Å². The first-order valence-electron chi connectivity index (χ1n) is 12.3. The molecule has 1 aromatic heterocycles. The van der Waals surface area contributed by atoms with Gasteiger partial charge in [0.2, 0.25) is 5.91 Å². The zero-order chi connectivity index (χ0) is 24.7. The molecule has 0 aliphatic carbocycles. The van der Waals surface area contributed by atoms with E-state index in [2.05, 4.69) is 46.7 Å². The summed E-state index contributed by atoms with van der Waals surface area (Å²) in [5.74, 6) is 0.681. The Morgan fingerprint density at radius 3 is 2.33 bits per heavy atom. The molecule has 0 fully saturated rings. The lowest BCUT2D eigenvalue weighted by Gasteiger charge is -2.20. The predicted octanol–water partition coefficient (Wildman–Crippen LogP) is 7.15. The first-order chi connectivity index (χ1) is 17.7. The molecular weight excluding hydrogens is 444 g/mol. The third-order valence-corrected chi connectivity index (χ3v) is 6.57. The Labute approximate surface area is 212 Å². The first kappa shape index (κ1) is 23.4. The number of rotatable bonds is 9. The van der Waals surface area contributed by atoms with Crippen molar-refractivity contribution in [3.8, 4) is 5.75 Å². The summed E-state index contributed by atoms with van der Waals surface area (Å²) in [4.78, 5) is 16.7. The molecule has 0 saturated carbocycles. The van der Waals surface area contributed by atoms with Crippen LogP contribution in [0.1, 0.15) is 47.6 Å². The molecule has 0 spiro atoms. The van der Waals surface area contributed by atoms with Gasteiger partial charge in [-0.15, -0.1) is 0 Å². The van der Waals surface area contributed by atoms with Gasteiger partial charge in [-0.25, -0.2) is 0 Å². The molecule has 2 atom stereocenters. The minimum absolute atomic E-state index is 0.0113. The standard InChI is InChI=1S/C32H30N2O2/c1-23(25-13-6-3-7-14-25)34-32(35)20-29(30-21-33-31-18-9-8-17-28(30)31)26-15-10-16-27(19-26)36-22-24-11-4-2-5-12-24/h2-19,21,23,29,33H,20,22H2,1H3,(H,34,35). The van der Waals surface area contributed by atoms with Crippen molar-refractivity contribution < 1.29 is 9.53 Å². The fourth-order valence-corrected chi connectivity index (χ4v) is 4.66. The maximum atomic E-state index is 13.3. The SMILES string of the molecule is CC(NC(=O)CC(c1cccc(OCc2ccccc2)c1)c1c[nH]c2ccccc12)c1ccccc1. The lowest BCUT2D eigenvalue weighted by atomic mass is 9.87. The van der Waals surface area contributed by atoms with Crippen LogP contribution < -0.4 is 10.1 Å². The molecule has 36 heavy (non-hydrogen) atoms. The minimum Gasteiger partial charge on any atom is -0.489 e. The van der Waals surface area contributed by atoms with E-state index >= 15 is 0 Å². The second kappa shape index (κ2) is 11.0. The topological polar surface area (TPSA) is 54.1 Å². The third kappa shape index (κ3) is 5.49. The number of amides is 1. The lowest BCUT2D eigenvalue weighted by molar-refractivity contribution is -0.121. The number of nitrogens with one attached hydrogen (secondary N) is 2. The van der Waals surface area contributed by atoms with Gasteiger partial charge in [0.15, 0.2) is 0 Å². The maximum absolute atomic E-state index is 13.3. The Hall–Kier alpha value is -4.31. The van der Waals surface area contributed by atoms with Gasteiger partial charge in [0.1, 0.15) is 12.4 Å². The number of para-hydroxylation sites is 1. The van der Waals surface area contributed by atoms with Gasteiger partial charge in [0, 0.05) is 29.4 Å². The second-order valence-electron chi connectivity index (χ2n) is 9.09. The van der Waals surface area contributed by atoms with E-state index in [0.29, 0.717) is 13.0 Å². The molecule has 4 heteroatoms. The average molecular weight is 475 g/mol. The fraction of sp³-hybridized carbons (Fsp3) is 0.156. The molecule has 1 heterocycles. The number of H-pyrrole nitrogens is 1. The highest BCUT2D eigenvalue weighted by Gasteiger charge is 2.23. The summed E-state index contributed by atoms with van der Waals surface area (Å²) in [5.41, 5.74) is 5.42. The van der Waals surface area contributed by atoms with Crippen molar-refractivity contribution in [3.05, 3.63) is 138 Å². The van der Waals surface area contributed by atoms with E-state index in [0.717, 1.165) is 38.9 Å². The van der Waals surface area contributed by atoms with E-state index < -0.39 is 0 Å². The normalized spacial score (nSPS) is 12.7. The van der Waals surface area contributed by atoms with Gasteiger partial charge in [0.25, 0.3) is 0 Å². The summed E-state index contributed by atoms with van der Waals surface area (Å²) in [5, 5.41) is 4.31. The first-order valence-corrected chi connectivity index (χ1v) is 12.3. The van der Waals surface area contributed by atoms with Crippen LogP contribution in [0.25, 0.3) is 10.9 Å². The summed E-state index contributed by atoms with van der Waals surface area (Å²) in [6, 6.07) is 36.4. The van der Waals surface area contributed by atoms with Crippen molar-refractivity contribution in [2.75, 3.05) is 0 Å². The van der Waals surface area contributed by atoms with Gasteiger partial charge in [-0.3, -0.25) is 4.79 Å². The summed E-state index contributed by atoms with van der Waals surface area (Å²) in [6.45, 7) is 2.52. The molecule has 0 aliphatic rings. The Bertz CT molecular complexity index is 1430. The van der Waals surface area contributed by atoms with Gasteiger partial charge in [-0.1, -0.05) is 91.0 Å². The lowest BCUT2D eigenvalue weighted by Crippen LogP contribution is -2.28. The number of aromatic amines is 1. The Morgan fingerprint density at radius 1 is 0.833 bits per heavy atom. The number of ether oxygens (including phenoxy) is 1. The van der Waals surface area contributed by atoms with Crippen LogP contribution in [0.3, 0.4) is 0 Å². The predicted molar refractivity (Wildman–Crippen MR) is 145 cm³/mol. The number of aromatic nitrogens is 1. The van der Waals surface area contributed by atoms with Gasteiger partial charge >= 0.3 is 0 Å². The van der Waals surface area contributed by atoms with Gasteiger partial charge in [-0.2, -0.15) is 0 Å². The zero-order valence-corrected chi connectivity index (χ0v) is 20.4. The van der Waals surface area contributed by atoms with E-state index in [1.807, 2.05) is 85.9 Å². The molecule has 0 saturated heterocycles. The average Bonchev–Trinajstić information content (AvgIpc) is 3.36. The molecule has 1 amide bonds. The molecule has 0 aliphatic heterocycles. The van der Waals surface area contributed by atoms with E-state index in [1.54, 1.807) is 0 Å². The summed E-state index contributed by atoms with van der Waals surface area (Å²) in [6.07, 6.45) is 2.36. The number of fused-ring (bicyclic) bond motifs is 1. The van der Waals surface area contributed by atoms with Crippen LogP contribution in [0.2, 0.25) is 0 Å². The van der Waals surface area contributed by atoms with Crippen molar-refractivity contribution in [1.29, 1.82) is 0 Å². The number of carbonyl (C=O) groups is 1. The van der Waals surface area contributed by atoms with Crippen molar-refractivity contribution in [3.63, 3.8) is 0 Å². The number of benzene rings is 4. The summed E-state index contributed by atoms with van der Waals surface area (Å²) >= 11 is 0. The van der Waals surface area contributed by atoms with Crippen molar-refractivity contribution in [2.45, 2.75) is 31.9 Å². The molecule has 0 bridgehead atoms. The van der Waals surface area contributed by atoms with Crippen LogP contribution in [-0.2, 0) is 11.4 Å². The molecule has 180 valence electrons. The van der Waals surface area contributed by atoms with Gasteiger partial charge < -0.3 is 15.0 Å². The minimum atomic E-state index is -0.121. The van der Waals surface area contributed by atoms with Crippen molar-refractivity contribution >= 4 is 16.8 Å². The van der Waals surface area contributed by atoms with Crippen molar-refractivity contribution in [2.24, 2.45) is 0 Å². The third-order valence-electron chi connectivity index (χ3n) is 6.57. The molecule has 0 radical (unpaired) electrons. The van der Waals surface area contributed by atoms with Crippen molar-refractivity contribution in [1.82, 2.24) is 10.3 Å². The van der Waals surface area contributed by atoms with Crippen LogP contribution in [0.4, 0.5) is 0 Å². The van der Waals surface area contributed by atoms with Crippen LogP contribution in [0.5, 0.6) is 5.75 Å². The largest absolute Gasteiger partial charge is 0.489 e. The van der Waals surface area contributed by atoms with Gasteiger partial charge in [-0.05, 0) is 47.4 Å². The van der Waals surface area contributed by atoms with E-state index in [-0.39, 0.29) is 17.9 Å². The van der Waals surface area contributed by atoms with Crippen LogP contribution in [0.15, 0.2) is 115 Å². The molecule has 4 nitrogen and oxygen atoms in total. The maximum Gasteiger partial charge on any atom is 0.221 e. The zero-order valence-electron chi connectivity index (χ0n) is 20.4. The molecule has 2 N–H and O–H groups in total. The highest BCUT2D eigenvalue weighted by molar-refractivity contribution is 5.86. The van der Waals surface area contributed by atoms with Crippen LogP contribution >= 0.6 is 0 Å². The fourth-order valence-electron chi connectivity index (χ4n) is 4.66. The van der Waals surface area contributed by atoms with E-state index in [1.165, 1.54) is 0 Å². The summed E-state index contributed by atoms with van der Waals surface area (Å²) in [7, 11) is 0. The van der Waals surface area contributed by atoms with E-state index in [4.69, 9.17) is 4.74 Å². The molecule has 2 unspecified atom stereocenters. The van der Waals surface area contributed by atoms with E-state index in [9.17, 15) is 4.79 Å². The Morgan fingerprint density at radius 2 is 1.53 bits per heavy atom.